The third-order valence-corrected chi connectivity index (χ3v) is 6.96. The third-order valence-electron chi connectivity index (χ3n) is 6.96. The summed E-state index contributed by atoms with van der Waals surface area (Å²) in [5.74, 6) is -2.63. The van der Waals surface area contributed by atoms with Crippen molar-refractivity contribution in [1.82, 2.24) is 0 Å². The molecule has 6 atom stereocenters. The third kappa shape index (κ3) is 6.49. The number of hydrogen-bond donors (Lipinski definition) is 7. The van der Waals surface area contributed by atoms with E-state index in [1.807, 2.05) is 0 Å². The molecule has 0 aliphatic carbocycles. The van der Waals surface area contributed by atoms with E-state index in [4.69, 9.17) is 18.9 Å². The number of aliphatic hydroxyl groups is 3. The fourth-order valence-electron chi connectivity index (χ4n) is 4.66. The second kappa shape index (κ2) is 12.2. The Bertz CT molecular complexity index is 1530. The largest absolute Gasteiger partial charge is 0.508 e. The molecule has 43 heavy (non-hydrogen) atoms. The Morgan fingerprint density at radius 2 is 1.63 bits per heavy atom. The van der Waals surface area contributed by atoms with Crippen LogP contribution in [0.3, 0.4) is 0 Å². The molecule has 13 heteroatoms. The van der Waals surface area contributed by atoms with Crippen molar-refractivity contribution in [2.45, 2.75) is 43.2 Å². The van der Waals surface area contributed by atoms with Gasteiger partial charge < -0.3 is 54.7 Å². The lowest BCUT2D eigenvalue weighted by Crippen LogP contribution is -2.60. The van der Waals surface area contributed by atoms with E-state index < -0.39 is 66.7 Å². The van der Waals surface area contributed by atoms with Gasteiger partial charge in [0, 0.05) is 18.2 Å². The summed E-state index contributed by atoms with van der Waals surface area (Å²) in [6, 6.07) is 12.3. The molecule has 1 saturated heterocycles. The first-order valence-electron chi connectivity index (χ1n) is 13.1. The van der Waals surface area contributed by atoms with Gasteiger partial charge in [-0.1, -0.05) is 18.2 Å². The Morgan fingerprint density at radius 1 is 0.884 bits per heavy atom. The molecule has 0 bridgehead atoms. The highest BCUT2D eigenvalue weighted by atomic mass is 16.7. The van der Waals surface area contributed by atoms with E-state index >= 15 is 0 Å². The molecule has 7 N–H and O–H groups in total. The van der Waals surface area contributed by atoms with Crippen molar-refractivity contribution >= 4 is 17.8 Å². The molecule has 1 fully saturated rings. The molecule has 0 saturated carbocycles. The molecule has 0 amide bonds. The summed E-state index contributed by atoms with van der Waals surface area (Å²) < 4.78 is 22.2. The first-order valence-corrected chi connectivity index (χ1v) is 13.1. The van der Waals surface area contributed by atoms with Gasteiger partial charge in [-0.05, 0) is 41.5 Å². The van der Waals surface area contributed by atoms with E-state index in [0.29, 0.717) is 11.1 Å². The molecule has 0 aromatic heterocycles. The van der Waals surface area contributed by atoms with Gasteiger partial charge in [0.25, 0.3) is 0 Å². The number of carbonyl (C=O) groups excluding carboxylic acids is 2. The van der Waals surface area contributed by atoms with Gasteiger partial charge in [-0.3, -0.25) is 4.79 Å². The average Bonchev–Trinajstić information content (AvgIpc) is 2.97. The maximum absolute atomic E-state index is 12.8. The van der Waals surface area contributed by atoms with Crippen molar-refractivity contribution in [3.05, 3.63) is 77.4 Å². The number of carbonyl (C=O) groups is 2. The van der Waals surface area contributed by atoms with Gasteiger partial charge in [0.1, 0.15) is 65.7 Å². The van der Waals surface area contributed by atoms with Crippen LogP contribution in [0, 0.1) is 0 Å². The quantitative estimate of drug-likeness (QED) is 0.118. The van der Waals surface area contributed by atoms with Crippen molar-refractivity contribution in [3.63, 3.8) is 0 Å². The molecule has 2 aliphatic rings. The number of Topliss-reactive ketones (excluding diaryl/α,β-unsaturated/α-hetero) is 1. The first kappa shape index (κ1) is 29.7. The maximum Gasteiger partial charge on any atom is 0.330 e. The highest BCUT2D eigenvalue weighted by Crippen LogP contribution is 2.43. The van der Waals surface area contributed by atoms with Crippen LogP contribution in [0.2, 0.25) is 0 Å². The SMILES string of the molecule is O=C(/C=C/c1ccc(O)cc1)OCC1O[C@@H](Oc2cc(O)c3c(c2)O[C@H](c2ccc(O)c(O)c2)CC3=O)C(O)[C@@H](O)[C@@H]1O. The highest BCUT2D eigenvalue weighted by molar-refractivity contribution is 6.02. The van der Waals surface area contributed by atoms with Crippen LogP contribution < -0.4 is 9.47 Å². The topological polar surface area (TPSA) is 213 Å². The Kier molecular flexibility index (Phi) is 8.41. The van der Waals surface area contributed by atoms with E-state index in [0.717, 1.165) is 12.1 Å². The predicted molar refractivity (Wildman–Crippen MR) is 146 cm³/mol. The fraction of sp³-hybridized carbons (Fsp3) is 0.267. The standard InChI is InChI=1S/C30H28O13/c31-16-5-1-14(2-6-16)3-8-25(36)40-13-24-27(37)28(38)29(39)30(43-24)41-17-10-20(34)26-21(35)12-22(42-23(26)11-17)15-4-7-18(32)19(33)9-15/h1-11,22,24,27-34,37-39H,12-13H2/b8-3+/t22-,24?,27+,28-,29?,30+/m0/s1. The molecular weight excluding hydrogens is 568 g/mol. The van der Waals surface area contributed by atoms with Gasteiger partial charge in [-0.25, -0.2) is 4.79 Å². The maximum atomic E-state index is 12.8. The van der Waals surface area contributed by atoms with Crippen LogP contribution in [0.5, 0.6) is 34.5 Å². The zero-order valence-electron chi connectivity index (χ0n) is 22.3. The summed E-state index contributed by atoms with van der Waals surface area (Å²) in [6.07, 6.45) is -6.55. The molecule has 3 aromatic carbocycles. The number of aliphatic hydroxyl groups excluding tert-OH is 3. The van der Waals surface area contributed by atoms with Crippen molar-refractivity contribution < 1.29 is 64.3 Å². The number of benzene rings is 3. The summed E-state index contributed by atoms with van der Waals surface area (Å²) in [6.45, 7) is -0.516. The summed E-state index contributed by atoms with van der Waals surface area (Å²) in [5.41, 5.74) is 0.887. The molecule has 226 valence electrons. The molecule has 2 heterocycles. The lowest BCUT2D eigenvalue weighted by Gasteiger charge is -2.40. The van der Waals surface area contributed by atoms with E-state index in [1.165, 1.54) is 42.5 Å². The van der Waals surface area contributed by atoms with E-state index in [2.05, 4.69) is 0 Å². The Morgan fingerprint density at radius 3 is 2.35 bits per heavy atom. The number of ketones is 1. The minimum absolute atomic E-state index is 0.0618. The molecule has 3 aromatic rings. The van der Waals surface area contributed by atoms with E-state index in [1.54, 1.807) is 12.1 Å². The number of hydrogen-bond acceptors (Lipinski definition) is 13. The lowest BCUT2D eigenvalue weighted by atomic mass is 9.95. The van der Waals surface area contributed by atoms with Crippen molar-refractivity contribution in [2.75, 3.05) is 6.61 Å². The van der Waals surface area contributed by atoms with E-state index in [9.17, 15) is 45.3 Å². The Labute approximate surface area is 244 Å². The Balaban J connectivity index is 1.27. The van der Waals surface area contributed by atoms with Crippen molar-refractivity contribution in [3.8, 4) is 34.5 Å². The van der Waals surface area contributed by atoms with Gasteiger partial charge in [0.15, 0.2) is 17.3 Å². The summed E-state index contributed by atoms with van der Waals surface area (Å²) in [5, 5.41) is 70.6. The zero-order valence-corrected chi connectivity index (χ0v) is 22.3. The second-order valence-corrected chi connectivity index (χ2v) is 9.98. The number of aromatic hydroxyl groups is 4. The van der Waals surface area contributed by atoms with Crippen LogP contribution in [0.4, 0.5) is 0 Å². The van der Waals surface area contributed by atoms with Crippen LogP contribution in [0.1, 0.15) is 34.0 Å². The zero-order chi connectivity index (χ0) is 30.8. The minimum Gasteiger partial charge on any atom is -0.508 e. The fourth-order valence-corrected chi connectivity index (χ4v) is 4.66. The first-order chi connectivity index (χ1) is 20.5. The summed E-state index contributed by atoms with van der Waals surface area (Å²) in [7, 11) is 0. The van der Waals surface area contributed by atoms with Gasteiger partial charge >= 0.3 is 5.97 Å². The number of ether oxygens (including phenoxy) is 4. The number of esters is 1. The van der Waals surface area contributed by atoms with Gasteiger partial charge in [-0.2, -0.15) is 0 Å². The van der Waals surface area contributed by atoms with Crippen LogP contribution in [-0.2, 0) is 14.3 Å². The highest BCUT2D eigenvalue weighted by Gasteiger charge is 2.45. The molecule has 5 rings (SSSR count). The minimum atomic E-state index is -1.76. The summed E-state index contributed by atoms with van der Waals surface area (Å²) in [4.78, 5) is 25.0. The van der Waals surface area contributed by atoms with E-state index in [-0.39, 0.29) is 35.0 Å². The number of fused-ring (bicyclic) bond motifs is 1. The number of phenols is 4. The molecule has 13 nitrogen and oxygen atoms in total. The molecular formula is C30H28O13. The van der Waals surface area contributed by atoms with Gasteiger partial charge in [0.05, 0.1) is 6.42 Å². The molecule has 2 aliphatic heterocycles. The molecule has 0 spiro atoms. The smallest absolute Gasteiger partial charge is 0.330 e. The predicted octanol–water partition coefficient (Wildman–Crippen LogP) is 1.66. The molecule has 0 radical (unpaired) electrons. The average molecular weight is 597 g/mol. The van der Waals surface area contributed by atoms with Crippen LogP contribution >= 0.6 is 0 Å². The second-order valence-electron chi connectivity index (χ2n) is 9.98. The summed E-state index contributed by atoms with van der Waals surface area (Å²) >= 11 is 0. The van der Waals surface area contributed by atoms with Crippen molar-refractivity contribution in [2.24, 2.45) is 0 Å². The Hall–Kier alpha value is -4.82. The number of rotatable bonds is 7. The van der Waals surface area contributed by atoms with Gasteiger partial charge in [0.2, 0.25) is 6.29 Å². The van der Waals surface area contributed by atoms with Gasteiger partial charge in [-0.15, -0.1) is 0 Å². The number of phenolic OH excluding ortho intramolecular Hbond substituents is 4. The van der Waals surface area contributed by atoms with Crippen LogP contribution in [-0.4, -0.2) is 84.8 Å². The lowest BCUT2D eigenvalue weighted by molar-refractivity contribution is -0.278. The van der Waals surface area contributed by atoms with Crippen LogP contribution in [0.15, 0.2) is 60.7 Å². The molecule has 2 unspecified atom stereocenters. The van der Waals surface area contributed by atoms with Crippen molar-refractivity contribution in [1.29, 1.82) is 0 Å². The van der Waals surface area contributed by atoms with Crippen LogP contribution in [0.25, 0.3) is 6.08 Å². The normalized spacial score (nSPS) is 25.1. The monoisotopic (exact) mass is 596 g/mol.